The van der Waals surface area contributed by atoms with Gasteiger partial charge >= 0.3 is 0 Å². The summed E-state index contributed by atoms with van der Waals surface area (Å²) in [6, 6.07) is 14.2. The van der Waals surface area contributed by atoms with Crippen LogP contribution in [0, 0.1) is 0 Å². The number of nitrogens with zero attached hydrogens (tertiary/aromatic N) is 1. The molecule has 0 heterocycles. The van der Waals surface area contributed by atoms with Gasteiger partial charge in [-0.3, -0.25) is 4.79 Å². The number of rotatable bonds is 4. The van der Waals surface area contributed by atoms with Crippen molar-refractivity contribution < 1.29 is 9.90 Å². The molecule has 0 aliphatic rings. The molecule has 2 rings (SSSR count). The van der Waals surface area contributed by atoms with E-state index in [9.17, 15) is 9.90 Å². The van der Waals surface area contributed by atoms with E-state index in [1.165, 1.54) is 0 Å². The van der Waals surface area contributed by atoms with Crippen molar-refractivity contribution in [3.63, 3.8) is 0 Å². The van der Waals surface area contributed by atoms with Crippen molar-refractivity contribution in [3.05, 3.63) is 64.1 Å². The molecule has 0 radical (unpaired) electrons. The van der Waals surface area contributed by atoms with Crippen LogP contribution in [0.5, 0.6) is 5.75 Å². The molecule has 0 spiro atoms. The molecule has 2 aromatic carbocycles. The van der Waals surface area contributed by atoms with Crippen LogP contribution in [0.4, 0.5) is 0 Å². The minimum absolute atomic E-state index is 0.147. The first-order chi connectivity index (χ1) is 9.63. The molecule has 2 aromatic rings. The summed E-state index contributed by atoms with van der Waals surface area (Å²) in [5.74, 6) is -0.0855. The molecule has 4 nitrogen and oxygen atoms in total. The molecule has 0 unspecified atom stereocenters. The molecule has 0 aliphatic heterocycles. The van der Waals surface area contributed by atoms with E-state index in [0.717, 1.165) is 15.6 Å². The fourth-order valence-electron chi connectivity index (χ4n) is 1.62. The molecule has 1 amide bonds. The van der Waals surface area contributed by atoms with Crippen LogP contribution in [0.1, 0.15) is 11.1 Å². The zero-order valence-corrected chi connectivity index (χ0v) is 12.2. The number of nitrogens with one attached hydrogen (secondary N) is 1. The Balaban J connectivity index is 1.87. The Labute approximate surface area is 125 Å². The highest BCUT2D eigenvalue weighted by atomic mass is 79.9. The number of carbonyl (C=O) groups excluding carboxylic acids is 1. The molecule has 5 heteroatoms. The van der Waals surface area contributed by atoms with Crippen LogP contribution >= 0.6 is 15.9 Å². The van der Waals surface area contributed by atoms with Gasteiger partial charge in [0.05, 0.1) is 12.6 Å². The second-order valence-corrected chi connectivity index (χ2v) is 5.11. The first-order valence-electron chi connectivity index (χ1n) is 5.99. The summed E-state index contributed by atoms with van der Waals surface area (Å²) >= 11 is 3.35. The van der Waals surface area contributed by atoms with E-state index in [-0.39, 0.29) is 18.1 Å². The van der Waals surface area contributed by atoms with Gasteiger partial charge in [-0.25, -0.2) is 5.43 Å². The molecular formula is C15H13BrN2O2. The summed E-state index contributed by atoms with van der Waals surface area (Å²) in [6.07, 6.45) is 1.75. The average molecular weight is 333 g/mol. The molecule has 0 atom stereocenters. The minimum atomic E-state index is -0.232. The maximum atomic E-state index is 11.7. The number of aromatic hydroxyl groups is 1. The zero-order chi connectivity index (χ0) is 14.4. The first kappa shape index (κ1) is 14.3. The molecule has 0 aromatic heterocycles. The molecule has 0 fully saturated rings. The Bertz CT molecular complexity index is 624. The van der Waals surface area contributed by atoms with Gasteiger partial charge in [0, 0.05) is 4.47 Å². The standard InChI is InChI=1S/C15H13BrN2O2/c16-13-6-4-11(5-7-13)10-17-18-15(20)9-12-2-1-3-14(19)8-12/h1-8,10,19H,9H2,(H,18,20). The molecule has 0 bridgehead atoms. The van der Waals surface area contributed by atoms with E-state index < -0.39 is 0 Å². The lowest BCUT2D eigenvalue weighted by atomic mass is 10.1. The number of carbonyl (C=O) groups is 1. The smallest absolute Gasteiger partial charge is 0.244 e. The predicted octanol–water partition coefficient (Wildman–Crippen LogP) is 2.85. The number of amides is 1. The van der Waals surface area contributed by atoms with Gasteiger partial charge in [0.15, 0.2) is 0 Å². The Kier molecular flexibility index (Phi) is 4.90. The molecule has 2 N–H and O–H groups in total. The Hall–Kier alpha value is -2.14. The number of benzene rings is 2. The topological polar surface area (TPSA) is 61.7 Å². The van der Waals surface area contributed by atoms with E-state index in [4.69, 9.17) is 0 Å². The summed E-state index contributed by atoms with van der Waals surface area (Å²) in [6.45, 7) is 0. The van der Waals surface area contributed by atoms with Crippen molar-refractivity contribution in [2.45, 2.75) is 6.42 Å². The average Bonchev–Trinajstić information content (AvgIpc) is 2.41. The Morgan fingerprint density at radius 2 is 2.00 bits per heavy atom. The van der Waals surface area contributed by atoms with Crippen LogP contribution in [0.15, 0.2) is 58.1 Å². The van der Waals surface area contributed by atoms with Crippen LogP contribution < -0.4 is 5.43 Å². The van der Waals surface area contributed by atoms with Gasteiger partial charge in [0.1, 0.15) is 5.75 Å². The van der Waals surface area contributed by atoms with Gasteiger partial charge in [-0.05, 0) is 35.4 Å². The third-order valence-electron chi connectivity index (χ3n) is 2.55. The van der Waals surface area contributed by atoms with Crippen molar-refractivity contribution in [3.8, 4) is 5.75 Å². The number of hydrogen-bond acceptors (Lipinski definition) is 3. The van der Waals surface area contributed by atoms with E-state index >= 15 is 0 Å². The summed E-state index contributed by atoms with van der Waals surface area (Å²) < 4.78 is 0.988. The van der Waals surface area contributed by atoms with Gasteiger partial charge in [0.2, 0.25) is 5.91 Å². The number of halogens is 1. The third kappa shape index (κ3) is 4.51. The SMILES string of the molecule is O=C(Cc1cccc(O)c1)NN=Cc1ccc(Br)cc1. The van der Waals surface area contributed by atoms with Gasteiger partial charge < -0.3 is 5.11 Å². The van der Waals surface area contributed by atoms with Crippen molar-refractivity contribution in [2.24, 2.45) is 5.10 Å². The lowest BCUT2D eigenvalue weighted by molar-refractivity contribution is -0.120. The molecule has 102 valence electrons. The second kappa shape index (κ2) is 6.86. The van der Waals surface area contributed by atoms with Gasteiger partial charge in [-0.1, -0.05) is 40.2 Å². The highest BCUT2D eigenvalue weighted by Crippen LogP contribution is 2.11. The fourth-order valence-corrected chi connectivity index (χ4v) is 1.88. The maximum absolute atomic E-state index is 11.7. The summed E-state index contributed by atoms with van der Waals surface area (Å²) in [5, 5.41) is 13.2. The van der Waals surface area contributed by atoms with Crippen LogP contribution in [-0.4, -0.2) is 17.2 Å². The van der Waals surface area contributed by atoms with Gasteiger partial charge in [0.25, 0.3) is 0 Å². The number of hydrazone groups is 1. The molecule has 0 saturated carbocycles. The van der Waals surface area contributed by atoms with Crippen molar-refractivity contribution in [1.29, 1.82) is 0 Å². The lowest BCUT2D eigenvalue weighted by Gasteiger charge is -2.01. The van der Waals surface area contributed by atoms with Crippen LogP contribution in [0.3, 0.4) is 0 Å². The van der Waals surface area contributed by atoms with Gasteiger partial charge in [-0.15, -0.1) is 0 Å². The highest BCUT2D eigenvalue weighted by molar-refractivity contribution is 9.10. The summed E-state index contributed by atoms with van der Waals surface area (Å²) in [7, 11) is 0. The Morgan fingerprint density at radius 3 is 2.70 bits per heavy atom. The Morgan fingerprint density at radius 1 is 1.25 bits per heavy atom. The summed E-state index contributed by atoms with van der Waals surface area (Å²) in [4.78, 5) is 11.7. The predicted molar refractivity (Wildman–Crippen MR) is 81.7 cm³/mol. The third-order valence-corrected chi connectivity index (χ3v) is 3.08. The molecule has 0 aliphatic carbocycles. The van der Waals surface area contributed by atoms with Crippen molar-refractivity contribution >= 4 is 28.1 Å². The minimum Gasteiger partial charge on any atom is -0.508 e. The lowest BCUT2D eigenvalue weighted by Crippen LogP contribution is -2.19. The quantitative estimate of drug-likeness (QED) is 0.668. The highest BCUT2D eigenvalue weighted by Gasteiger charge is 2.02. The molecule has 0 saturated heterocycles. The van der Waals surface area contributed by atoms with E-state index in [1.807, 2.05) is 24.3 Å². The molecule has 20 heavy (non-hydrogen) atoms. The molecular weight excluding hydrogens is 320 g/mol. The van der Waals surface area contributed by atoms with Crippen LogP contribution in [0.2, 0.25) is 0 Å². The normalized spacial score (nSPS) is 10.7. The van der Waals surface area contributed by atoms with Crippen molar-refractivity contribution in [2.75, 3.05) is 0 Å². The fraction of sp³-hybridized carbons (Fsp3) is 0.0667. The first-order valence-corrected chi connectivity index (χ1v) is 6.78. The zero-order valence-electron chi connectivity index (χ0n) is 10.6. The maximum Gasteiger partial charge on any atom is 0.244 e. The second-order valence-electron chi connectivity index (χ2n) is 4.19. The van der Waals surface area contributed by atoms with E-state index in [1.54, 1.807) is 30.5 Å². The van der Waals surface area contributed by atoms with Crippen LogP contribution in [0.25, 0.3) is 0 Å². The van der Waals surface area contributed by atoms with E-state index in [2.05, 4.69) is 26.5 Å². The van der Waals surface area contributed by atoms with Crippen LogP contribution in [-0.2, 0) is 11.2 Å². The largest absolute Gasteiger partial charge is 0.508 e. The number of phenolic OH excluding ortho intramolecular Hbond substituents is 1. The number of phenols is 1. The van der Waals surface area contributed by atoms with E-state index in [0.29, 0.717) is 0 Å². The van der Waals surface area contributed by atoms with Crippen molar-refractivity contribution in [1.82, 2.24) is 5.43 Å². The summed E-state index contributed by atoms with van der Waals surface area (Å²) in [5.41, 5.74) is 4.08. The monoisotopic (exact) mass is 332 g/mol. The van der Waals surface area contributed by atoms with Gasteiger partial charge in [-0.2, -0.15) is 5.10 Å². The number of hydrogen-bond donors (Lipinski definition) is 2.